The number of carbonyl (C=O) groups excluding carboxylic acids is 3. The summed E-state index contributed by atoms with van der Waals surface area (Å²) in [5.74, 6) is -0.816. The second kappa shape index (κ2) is 5.81. The van der Waals surface area contributed by atoms with Gasteiger partial charge in [-0.25, -0.2) is 0 Å². The van der Waals surface area contributed by atoms with Crippen LogP contribution < -0.4 is 10.6 Å². The summed E-state index contributed by atoms with van der Waals surface area (Å²) in [6.45, 7) is 2.57. The predicted octanol–water partition coefficient (Wildman–Crippen LogP) is -1.90. The van der Waals surface area contributed by atoms with Crippen LogP contribution in [0.4, 0.5) is 0 Å². The van der Waals surface area contributed by atoms with Crippen molar-refractivity contribution in [1.82, 2.24) is 15.5 Å². The highest BCUT2D eigenvalue weighted by molar-refractivity contribution is 5.91. The van der Waals surface area contributed by atoms with Gasteiger partial charge in [0.05, 0.1) is 25.7 Å². The van der Waals surface area contributed by atoms with Gasteiger partial charge in [-0.3, -0.25) is 14.4 Å². The van der Waals surface area contributed by atoms with Gasteiger partial charge >= 0.3 is 0 Å². The minimum Gasteiger partial charge on any atom is -0.378 e. The van der Waals surface area contributed by atoms with Crippen molar-refractivity contribution in [3.05, 3.63) is 0 Å². The van der Waals surface area contributed by atoms with E-state index in [-0.39, 0.29) is 36.6 Å². The van der Waals surface area contributed by atoms with Gasteiger partial charge in [0.1, 0.15) is 0 Å². The third-order valence-corrected chi connectivity index (χ3v) is 3.13. The van der Waals surface area contributed by atoms with E-state index in [2.05, 4.69) is 10.6 Å². The van der Waals surface area contributed by atoms with Crippen molar-refractivity contribution in [2.75, 3.05) is 39.4 Å². The summed E-state index contributed by atoms with van der Waals surface area (Å²) in [6.07, 6.45) is 0.206. The van der Waals surface area contributed by atoms with E-state index in [9.17, 15) is 14.4 Å². The summed E-state index contributed by atoms with van der Waals surface area (Å²) in [4.78, 5) is 36.1. The van der Waals surface area contributed by atoms with Crippen molar-refractivity contribution in [2.45, 2.75) is 6.42 Å². The summed E-state index contributed by atoms with van der Waals surface area (Å²) < 4.78 is 5.14. The van der Waals surface area contributed by atoms with Gasteiger partial charge in [-0.05, 0) is 0 Å². The second-order valence-corrected chi connectivity index (χ2v) is 4.42. The molecular formula is C11H17N3O4. The Bertz CT molecular complexity index is 352. The van der Waals surface area contributed by atoms with E-state index in [0.29, 0.717) is 32.8 Å². The number of nitrogens with zero attached hydrogens (tertiary/aromatic N) is 1. The molecule has 2 rings (SSSR count). The first-order chi connectivity index (χ1) is 8.66. The smallest absolute Gasteiger partial charge is 0.242 e. The molecule has 18 heavy (non-hydrogen) atoms. The fourth-order valence-corrected chi connectivity index (χ4v) is 2.02. The zero-order valence-electron chi connectivity index (χ0n) is 10.1. The molecule has 0 aromatic rings. The van der Waals surface area contributed by atoms with E-state index >= 15 is 0 Å². The maximum atomic E-state index is 11.8. The zero-order chi connectivity index (χ0) is 13.0. The van der Waals surface area contributed by atoms with E-state index in [1.54, 1.807) is 4.90 Å². The average Bonchev–Trinajstić information content (AvgIpc) is 2.83. The summed E-state index contributed by atoms with van der Waals surface area (Å²) in [5, 5.41) is 5.17. The average molecular weight is 255 g/mol. The van der Waals surface area contributed by atoms with Crippen LogP contribution in [0.2, 0.25) is 0 Å². The van der Waals surface area contributed by atoms with Gasteiger partial charge in [0, 0.05) is 26.1 Å². The van der Waals surface area contributed by atoms with E-state index in [1.165, 1.54) is 0 Å². The number of morpholine rings is 1. The molecule has 0 radical (unpaired) electrons. The van der Waals surface area contributed by atoms with Crippen LogP contribution in [0, 0.1) is 5.92 Å². The van der Waals surface area contributed by atoms with Crippen molar-refractivity contribution < 1.29 is 19.1 Å². The fraction of sp³-hybridized carbons (Fsp3) is 0.727. The van der Waals surface area contributed by atoms with Crippen molar-refractivity contribution in [2.24, 2.45) is 5.92 Å². The van der Waals surface area contributed by atoms with Gasteiger partial charge in [0.2, 0.25) is 17.7 Å². The quantitative estimate of drug-likeness (QED) is 0.616. The number of hydrogen-bond donors (Lipinski definition) is 2. The van der Waals surface area contributed by atoms with Crippen LogP contribution in [0.5, 0.6) is 0 Å². The summed E-state index contributed by atoms with van der Waals surface area (Å²) >= 11 is 0. The molecule has 2 fully saturated rings. The van der Waals surface area contributed by atoms with Crippen LogP contribution in [-0.2, 0) is 19.1 Å². The largest absolute Gasteiger partial charge is 0.378 e. The molecule has 0 saturated carbocycles. The van der Waals surface area contributed by atoms with Crippen LogP contribution in [0.3, 0.4) is 0 Å². The van der Waals surface area contributed by atoms with E-state index < -0.39 is 0 Å². The molecule has 2 N–H and O–H groups in total. The SMILES string of the molecule is O=C1CC(C(=O)NCC(=O)N2CCOCC2)CN1. The first-order valence-electron chi connectivity index (χ1n) is 6.07. The van der Waals surface area contributed by atoms with Crippen LogP contribution in [0.15, 0.2) is 0 Å². The lowest BCUT2D eigenvalue weighted by atomic mass is 10.1. The number of nitrogens with one attached hydrogen (secondary N) is 2. The van der Waals surface area contributed by atoms with Crippen molar-refractivity contribution in [1.29, 1.82) is 0 Å². The first-order valence-corrected chi connectivity index (χ1v) is 6.07. The molecule has 2 aliphatic heterocycles. The van der Waals surface area contributed by atoms with Gasteiger partial charge in [-0.15, -0.1) is 0 Å². The fourth-order valence-electron chi connectivity index (χ4n) is 2.02. The van der Waals surface area contributed by atoms with Gasteiger partial charge in [0.15, 0.2) is 0 Å². The lowest BCUT2D eigenvalue weighted by Gasteiger charge is -2.27. The highest BCUT2D eigenvalue weighted by Crippen LogP contribution is 2.08. The molecule has 3 amide bonds. The Labute approximate surface area is 105 Å². The standard InChI is InChI=1S/C11H17N3O4/c15-9-5-8(6-12-9)11(17)13-7-10(16)14-1-3-18-4-2-14/h8H,1-7H2,(H,12,15)(H,13,17). The monoisotopic (exact) mass is 255 g/mol. The molecule has 1 unspecified atom stereocenters. The molecule has 2 saturated heterocycles. The lowest BCUT2D eigenvalue weighted by molar-refractivity contribution is -0.136. The number of hydrogen-bond acceptors (Lipinski definition) is 4. The first kappa shape index (κ1) is 12.8. The molecule has 0 aromatic heterocycles. The molecule has 7 nitrogen and oxygen atoms in total. The van der Waals surface area contributed by atoms with E-state index in [0.717, 1.165) is 0 Å². The molecule has 0 bridgehead atoms. The molecule has 0 spiro atoms. The third kappa shape index (κ3) is 3.19. The molecule has 1 atom stereocenters. The number of ether oxygens (including phenoxy) is 1. The Morgan fingerprint density at radius 1 is 1.39 bits per heavy atom. The molecule has 2 aliphatic rings. The minimum atomic E-state index is -0.352. The van der Waals surface area contributed by atoms with Gasteiger partial charge < -0.3 is 20.3 Å². The Hall–Kier alpha value is -1.63. The number of carbonyl (C=O) groups is 3. The van der Waals surface area contributed by atoms with Gasteiger partial charge in [0.25, 0.3) is 0 Å². The predicted molar refractivity (Wildman–Crippen MR) is 61.5 cm³/mol. The second-order valence-electron chi connectivity index (χ2n) is 4.42. The van der Waals surface area contributed by atoms with Crippen LogP contribution in [0.25, 0.3) is 0 Å². The Balaban J connectivity index is 1.71. The lowest BCUT2D eigenvalue weighted by Crippen LogP contribution is -2.46. The normalized spacial score (nSPS) is 23.7. The topological polar surface area (TPSA) is 87.7 Å². The highest BCUT2D eigenvalue weighted by Gasteiger charge is 2.28. The van der Waals surface area contributed by atoms with Crippen molar-refractivity contribution in [3.8, 4) is 0 Å². The van der Waals surface area contributed by atoms with Crippen LogP contribution >= 0.6 is 0 Å². The molecule has 100 valence electrons. The molecular weight excluding hydrogens is 238 g/mol. The molecule has 2 heterocycles. The van der Waals surface area contributed by atoms with Crippen LogP contribution in [0.1, 0.15) is 6.42 Å². The number of rotatable bonds is 3. The number of amides is 3. The third-order valence-electron chi connectivity index (χ3n) is 3.13. The van der Waals surface area contributed by atoms with Crippen LogP contribution in [-0.4, -0.2) is 62.0 Å². The highest BCUT2D eigenvalue weighted by atomic mass is 16.5. The van der Waals surface area contributed by atoms with Crippen molar-refractivity contribution >= 4 is 17.7 Å². The Kier molecular flexibility index (Phi) is 4.14. The van der Waals surface area contributed by atoms with E-state index in [1.807, 2.05) is 0 Å². The minimum absolute atomic E-state index is 0.0104. The Morgan fingerprint density at radius 2 is 2.11 bits per heavy atom. The zero-order valence-corrected chi connectivity index (χ0v) is 10.1. The molecule has 7 heteroatoms. The molecule has 0 aliphatic carbocycles. The maximum absolute atomic E-state index is 11.8. The summed E-state index contributed by atoms with van der Waals surface area (Å²) in [6, 6.07) is 0. The molecule has 0 aromatic carbocycles. The van der Waals surface area contributed by atoms with Gasteiger partial charge in [-0.2, -0.15) is 0 Å². The van der Waals surface area contributed by atoms with Gasteiger partial charge in [-0.1, -0.05) is 0 Å². The maximum Gasteiger partial charge on any atom is 0.242 e. The van der Waals surface area contributed by atoms with Crippen molar-refractivity contribution in [3.63, 3.8) is 0 Å². The summed E-state index contributed by atoms with van der Waals surface area (Å²) in [7, 11) is 0. The van der Waals surface area contributed by atoms with E-state index in [4.69, 9.17) is 4.74 Å². The Morgan fingerprint density at radius 3 is 2.72 bits per heavy atom. The summed E-state index contributed by atoms with van der Waals surface area (Å²) in [5.41, 5.74) is 0.